The number of anilines is 1. The summed E-state index contributed by atoms with van der Waals surface area (Å²) in [7, 11) is 0. The molecule has 22 heavy (non-hydrogen) atoms. The topological polar surface area (TPSA) is 58.3 Å². The van der Waals surface area contributed by atoms with E-state index in [4.69, 9.17) is 17.3 Å². The lowest BCUT2D eigenvalue weighted by Gasteiger charge is -2.27. The molecule has 0 radical (unpaired) electrons. The maximum atomic E-state index is 10.3. The van der Waals surface area contributed by atoms with Crippen molar-refractivity contribution < 1.29 is 5.11 Å². The average molecular weight is 317 g/mol. The van der Waals surface area contributed by atoms with Gasteiger partial charge in [0.1, 0.15) is 0 Å². The van der Waals surface area contributed by atoms with Gasteiger partial charge in [-0.05, 0) is 60.2 Å². The molecule has 3 nitrogen and oxygen atoms in total. The van der Waals surface area contributed by atoms with Crippen LogP contribution in [0.5, 0.6) is 0 Å². The van der Waals surface area contributed by atoms with Crippen molar-refractivity contribution >= 4 is 17.3 Å². The second-order valence-corrected chi connectivity index (χ2v) is 6.38. The maximum absolute atomic E-state index is 10.3. The number of fused-ring (bicyclic) bond motifs is 1. The molecule has 116 valence electrons. The third kappa shape index (κ3) is 3.61. The first-order valence-corrected chi connectivity index (χ1v) is 8.04. The second-order valence-electron chi connectivity index (χ2n) is 5.95. The van der Waals surface area contributed by atoms with E-state index in [1.165, 1.54) is 11.1 Å². The number of nitrogen functional groups attached to an aromatic ring is 1. The van der Waals surface area contributed by atoms with E-state index < -0.39 is 6.10 Å². The number of benzene rings is 2. The molecule has 2 aromatic carbocycles. The molecule has 0 amide bonds. The number of aliphatic hydroxyl groups is 1. The molecule has 0 heterocycles. The van der Waals surface area contributed by atoms with Gasteiger partial charge in [-0.2, -0.15) is 0 Å². The predicted molar refractivity (Wildman–Crippen MR) is 91.1 cm³/mol. The second kappa shape index (κ2) is 6.69. The van der Waals surface area contributed by atoms with Gasteiger partial charge in [-0.3, -0.25) is 0 Å². The average Bonchev–Trinajstić information content (AvgIpc) is 2.52. The van der Waals surface area contributed by atoms with Crippen LogP contribution < -0.4 is 11.1 Å². The van der Waals surface area contributed by atoms with Crippen LogP contribution in [0.1, 0.15) is 29.2 Å². The summed E-state index contributed by atoms with van der Waals surface area (Å²) in [6.45, 7) is 0.530. The van der Waals surface area contributed by atoms with E-state index in [1.54, 1.807) is 0 Å². The van der Waals surface area contributed by atoms with Crippen molar-refractivity contribution in [3.63, 3.8) is 0 Å². The van der Waals surface area contributed by atoms with Crippen molar-refractivity contribution in [1.82, 2.24) is 5.32 Å². The summed E-state index contributed by atoms with van der Waals surface area (Å²) in [6.07, 6.45) is 2.56. The summed E-state index contributed by atoms with van der Waals surface area (Å²) in [6, 6.07) is 13.9. The molecule has 0 aromatic heterocycles. The van der Waals surface area contributed by atoms with Crippen LogP contribution in [0.2, 0.25) is 5.02 Å². The summed E-state index contributed by atoms with van der Waals surface area (Å²) in [4.78, 5) is 0. The Labute approximate surface area is 136 Å². The highest BCUT2D eigenvalue weighted by Crippen LogP contribution is 2.24. The fraction of sp³-hybridized carbons (Fsp3) is 0.333. The first-order chi connectivity index (χ1) is 10.6. The van der Waals surface area contributed by atoms with Crippen molar-refractivity contribution in [3.8, 4) is 0 Å². The summed E-state index contributed by atoms with van der Waals surface area (Å²) >= 11 is 5.97. The predicted octanol–water partition coefficient (Wildman–Crippen LogP) is 3.10. The number of rotatable bonds is 4. The Balaban J connectivity index is 1.58. The van der Waals surface area contributed by atoms with E-state index in [9.17, 15) is 5.11 Å². The number of nitrogens with two attached hydrogens (primary N) is 1. The molecule has 4 N–H and O–H groups in total. The van der Waals surface area contributed by atoms with E-state index in [1.807, 2.05) is 30.3 Å². The van der Waals surface area contributed by atoms with E-state index in [0.29, 0.717) is 17.6 Å². The lowest BCUT2D eigenvalue weighted by atomic mass is 9.88. The van der Waals surface area contributed by atoms with Crippen LogP contribution in [0.4, 0.5) is 5.69 Å². The molecule has 2 atom stereocenters. The highest BCUT2D eigenvalue weighted by molar-refractivity contribution is 6.30. The van der Waals surface area contributed by atoms with Crippen LogP contribution in [0.25, 0.3) is 0 Å². The SMILES string of the molecule is Nc1ccc2c(c1)CC(NCC(O)c1cccc(Cl)c1)CC2. The molecule has 0 saturated carbocycles. The molecule has 0 saturated heterocycles. The van der Waals surface area contributed by atoms with E-state index in [2.05, 4.69) is 17.4 Å². The van der Waals surface area contributed by atoms with Gasteiger partial charge in [0.15, 0.2) is 0 Å². The lowest BCUT2D eigenvalue weighted by molar-refractivity contribution is 0.168. The maximum Gasteiger partial charge on any atom is 0.0914 e. The molecule has 0 spiro atoms. The Kier molecular flexibility index (Phi) is 4.67. The summed E-state index contributed by atoms with van der Waals surface area (Å²) in [5.74, 6) is 0. The molecule has 2 unspecified atom stereocenters. The minimum atomic E-state index is -0.541. The van der Waals surface area contributed by atoms with Gasteiger partial charge in [0, 0.05) is 23.3 Å². The molecule has 4 heteroatoms. The van der Waals surface area contributed by atoms with Gasteiger partial charge in [-0.15, -0.1) is 0 Å². The minimum Gasteiger partial charge on any atom is -0.399 e. The monoisotopic (exact) mass is 316 g/mol. The van der Waals surface area contributed by atoms with Gasteiger partial charge in [0.2, 0.25) is 0 Å². The summed E-state index contributed by atoms with van der Waals surface area (Å²) in [5, 5.41) is 14.4. The summed E-state index contributed by atoms with van der Waals surface area (Å²) in [5.41, 5.74) is 10.2. The fourth-order valence-electron chi connectivity index (χ4n) is 3.06. The Morgan fingerprint density at radius 2 is 2.09 bits per heavy atom. The van der Waals surface area contributed by atoms with Gasteiger partial charge in [-0.25, -0.2) is 0 Å². The number of aliphatic hydroxyl groups excluding tert-OH is 1. The standard InChI is InChI=1S/C18H21ClN2O/c19-15-3-1-2-13(8-15)18(22)11-21-17-7-5-12-4-6-16(20)9-14(12)10-17/h1-4,6,8-9,17-18,21-22H,5,7,10-11,20H2. The number of nitrogens with one attached hydrogen (secondary N) is 1. The van der Waals surface area contributed by atoms with Crippen molar-refractivity contribution in [2.24, 2.45) is 0 Å². The van der Waals surface area contributed by atoms with Crippen LogP contribution in [-0.2, 0) is 12.8 Å². The van der Waals surface area contributed by atoms with Gasteiger partial charge in [0.05, 0.1) is 6.10 Å². The van der Waals surface area contributed by atoms with Crippen molar-refractivity contribution in [2.75, 3.05) is 12.3 Å². The molecule has 1 aliphatic rings. The van der Waals surface area contributed by atoms with Crippen LogP contribution in [0, 0.1) is 0 Å². The highest BCUT2D eigenvalue weighted by atomic mass is 35.5. The molecular formula is C18H21ClN2O. The molecule has 0 aliphatic heterocycles. The third-order valence-electron chi connectivity index (χ3n) is 4.29. The van der Waals surface area contributed by atoms with Gasteiger partial charge < -0.3 is 16.2 Å². The fourth-order valence-corrected chi connectivity index (χ4v) is 3.26. The number of hydrogen-bond donors (Lipinski definition) is 3. The van der Waals surface area contributed by atoms with Crippen LogP contribution in [-0.4, -0.2) is 17.7 Å². The van der Waals surface area contributed by atoms with Gasteiger partial charge in [0.25, 0.3) is 0 Å². The Hall–Kier alpha value is -1.55. The van der Waals surface area contributed by atoms with Gasteiger partial charge in [-0.1, -0.05) is 29.8 Å². The summed E-state index contributed by atoms with van der Waals surface area (Å²) < 4.78 is 0. The molecule has 0 fully saturated rings. The Bertz CT molecular complexity index is 659. The largest absolute Gasteiger partial charge is 0.399 e. The van der Waals surface area contributed by atoms with E-state index in [0.717, 1.165) is 30.5 Å². The first kappa shape index (κ1) is 15.3. The number of aryl methyl sites for hydroxylation is 1. The smallest absolute Gasteiger partial charge is 0.0914 e. The number of hydrogen-bond acceptors (Lipinski definition) is 3. The lowest BCUT2D eigenvalue weighted by Crippen LogP contribution is -2.37. The molecule has 2 aromatic rings. The van der Waals surface area contributed by atoms with Crippen molar-refractivity contribution in [1.29, 1.82) is 0 Å². The normalized spacial score (nSPS) is 18.7. The Morgan fingerprint density at radius 3 is 2.91 bits per heavy atom. The van der Waals surface area contributed by atoms with Crippen molar-refractivity contribution in [3.05, 3.63) is 64.2 Å². The molecule has 0 bridgehead atoms. The zero-order valence-electron chi connectivity index (χ0n) is 12.4. The van der Waals surface area contributed by atoms with Gasteiger partial charge >= 0.3 is 0 Å². The highest BCUT2D eigenvalue weighted by Gasteiger charge is 2.19. The number of halogens is 1. The molecule has 1 aliphatic carbocycles. The van der Waals surface area contributed by atoms with Crippen LogP contribution >= 0.6 is 11.6 Å². The first-order valence-electron chi connectivity index (χ1n) is 7.66. The van der Waals surface area contributed by atoms with Crippen molar-refractivity contribution in [2.45, 2.75) is 31.4 Å². The third-order valence-corrected chi connectivity index (χ3v) is 4.53. The van der Waals surface area contributed by atoms with E-state index >= 15 is 0 Å². The zero-order valence-corrected chi connectivity index (χ0v) is 13.2. The minimum absolute atomic E-state index is 0.378. The molecular weight excluding hydrogens is 296 g/mol. The Morgan fingerprint density at radius 1 is 1.23 bits per heavy atom. The van der Waals surface area contributed by atoms with Crippen LogP contribution in [0.15, 0.2) is 42.5 Å². The van der Waals surface area contributed by atoms with E-state index in [-0.39, 0.29) is 0 Å². The molecule has 3 rings (SSSR count). The van der Waals surface area contributed by atoms with Crippen LogP contribution in [0.3, 0.4) is 0 Å². The quantitative estimate of drug-likeness (QED) is 0.760. The zero-order chi connectivity index (χ0) is 15.5.